The summed E-state index contributed by atoms with van der Waals surface area (Å²) in [7, 11) is 0. The van der Waals surface area contributed by atoms with Crippen molar-refractivity contribution in [3.8, 4) is 0 Å². The molecule has 0 radical (unpaired) electrons. The van der Waals surface area contributed by atoms with Gasteiger partial charge in [0.25, 0.3) is 0 Å². The van der Waals surface area contributed by atoms with Crippen LogP contribution < -0.4 is 5.73 Å². The largest absolute Gasteiger partial charge is 0.330 e. The first-order chi connectivity index (χ1) is 8.47. The van der Waals surface area contributed by atoms with Gasteiger partial charge in [-0.15, -0.1) is 6.58 Å². The number of nitrogens with two attached hydrogens (primary N) is 1. The fourth-order valence-corrected chi connectivity index (χ4v) is 2.52. The van der Waals surface area contributed by atoms with Crippen molar-refractivity contribution in [1.29, 1.82) is 0 Å². The number of rotatable bonds is 11. The second kappa shape index (κ2) is 10.6. The SMILES string of the molecule is C=C(C)CC(CCCCCCN)CC(C)C(C)C. The third-order valence-corrected chi connectivity index (χ3v) is 4.05. The van der Waals surface area contributed by atoms with E-state index < -0.39 is 0 Å². The Bertz CT molecular complexity index is 208. The molecule has 0 bridgehead atoms. The summed E-state index contributed by atoms with van der Waals surface area (Å²) < 4.78 is 0. The predicted molar refractivity (Wildman–Crippen MR) is 83.7 cm³/mol. The summed E-state index contributed by atoms with van der Waals surface area (Å²) in [5, 5.41) is 0. The van der Waals surface area contributed by atoms with Gasteiger partial charge in [-0.25, -0.2) is 0 Å². The fourth-order valence-electron chi connectivity index (χ4n) is 2.52. The van der Waals surface area contributed by atoms with E-state index in [1.807, 2.05) is 0 Å². The van der Waals surface area contributed by atoms with E-state index >= 15 is 0 Å². The maximum Gasteiger partial charge on any atom is -0.00773 e. The summed E-state index contributed by atoms with van der Waals surface area (Å²) in [6, 6.07) is 0. The van der Waals surface area contributed by atoms with Crippen molar-refractivity contribution in [3.63, 3.8) is 0 Å². The normalized spacial score (nSPS) is 14.8. The van der Waals surface area contributed by atoms with Gasteiger partial charge in [-0.1, -0.05) is 52.0 Å². The van der Waals surface area contributed by atoms with E-state index in [0.29, 0.717) is 0 Å². The summed E-state index contributed by atoms with van der Waals surface area (Å²) in [4.78, 5) is 0. The number of hydrogen-bond acceptors (Lipinski definition) is 1. The minimum absolute atomic E-state index is 0.801. The molecule has 0 aromatic heterocycles. The molecule has 0 aliphatic rings. The molecule has 0 saturated heterocycles. The van der Waals surface area contributed by atoms with E-state index in [0.717, 1.165) is 24.3 Å². The van der Waals surface area contributed by atoms with Gasteiger partial charge in [-0.05, 0) is 50.5 Å². The number of allylic oxidation sites excluding steroid dienone is 1. The van der Waals surface area contributed by atoms with Crippen LogP contribution in [-0.2, 0) is 0 Å². The number of unbranched alkanes of at least 4 members (excludes halogenated alkanes) is 3. The van der Waals surface area contributed by atoms with E-state index in [-0.39, 0.29) is 0 Å². The van der Waals surface area contributed by atoms with Crippen LogP contribution >= 0.6 is 0 Å². The molecule has 0 saturated carbocycles. The van der Waals surface area contributed by atoms with Crippen molar-refractivity contribution in [1.82, 2.24) is 0 Å². The van der Waals surface area contributed by atoms with Gasteiger partial charge in [-0.2, -0.15) is 0 Å². The molecule has 0 amide bonds. The Morgan fingerprint density at radius 3 is 2.17 bits per heavy atom. The topological polar surface area (TPSA) is 26.0 Å². The zero-order valence-corrected chi connectivity index (χ0v) is 13.2. The molecule has 1 heteroatoms. The third-order valence-electron chi connectivity index (χ3n) is 4.05. The highest BCUT2D eigenvalue weighted by molar-refractivity contribution is 4.90. The quantitative estimate of drug-likeness (QED) is 0.399. The molecule has 0 spiro atoms. The molecule has 1 nitrogen and oxygen atoms in total. The van der Waals surface area contributed by atoms with Gasteiger partial charge < -0.3 is 5.73 Å². The average molecular weight is 253 g/mol. The van der Waals surface area contributed by atoms with Crippen molar-refractivity contribution < 1.29 is 0 Å². The second-order valence-corrected chi connectivity index (χ2v) is 6.48. The summed E-state index contributed by atoms with van der Waals surface area (Å²) in [6.45, 7) is 14.2. The van der Waals surface area contributed by atoms with Crippen LogP contribution in [0, 0.1) is 17.8 Å². The van der Waals surface area contributed by atoms with Gasteiger partial charge in [0.1, 0.15) is 0 Å². The van der Waals surface area contributed by atoms with Crippen molar-refractivity contribution in [2.45, 2.75) is 72.6 Å². The smallest absolute Gasteiger partial charge is 0.00773 e. The first-order valence-corrected chi connectivity index (χ1v) is 7.81. The van der Waals surface area contributed by atoms with Crippen LogP contribution in [0.1, 0.15) is 72.6 Å². The summed E-state index contributed by atoms with van der Waals surface area (Å²) in [6.07, 6.45) is 9.15. The van der Waals surface area contributed by atoms with Crippen LogP contribution in [0.2, 0.25) is 0 Å². The molecule has 0 aliphatic carbocycles. The molecule has 18 heavy (non-hydrogen) atoms. The molecule has 0 aromatic carbocycles. The van der Waals surface area contributed by atoms with Crippen molar-refractivity contribution >= 4 is 0 Å². The maximum atomic E-state index is 5.52. The molecule has 0 fully saturated rings. The zero-order chi connectivity index (χ0) is 14.0. The first-order valence-electron chi connectivity index (χ1n) is 7.81. The number of hydrogen-bond donors (Lipinski definition) is 1. The Hall–Kier alpha value is -0.300. The van der Waals surface area contributed by atoms with Crippen molar-refractivity contribution in [2.24, 2.45) is 23.5 Å². The van der Waals surface area contributed by atoms with E-state index in [1.54, 1.807) is 0 Å². The van der Waals surface area contributed by atoms with Crippen LogP contribution in [-0.4, -0.2) is 6.54 Å². The zero-order valence-electron chi connectivity index (χ0n) is 13.2. The van der Waals surface area contributed by atoms with Gasteiger partial charge in [0.15, 0.2) is 0 Å². The van der Waals surface area contributed by atoms with Gasteiger partial charge >= 0.3 is 0 Å². The lowest BCUT2D eigenvalue weighted by Gasteiger charge is -2.23. The molecular formula is C17H35N. The highest BCUT2D eigenvalue weighted by atomic mass is 14.5. The lowest BCUT2D eigenvalue weighted by Crippen LogP contribution is -2.12. The molecule has 2 unspecified atom stereocenters. The molecular weight excluding hydrogens is 218 g/mol. The van der Waals surface area contributed by atoms with Gasteiger partial charge in [0.2, 0.25) is 0 Å². The summed E-state index contributed by atoms with van der Waals surface area (Å²) in [5.41, 5.74) is 6.87. The lowest BCUT2D eigenvalue weighted by molar-refractivity contribution is 0.299. The Morgan fingerprint density at radius 2 is 1.67 bits per heavy atom. The molecule has 0 aromatic rings. The standard InChI is InChI=1S/C17H35N/c1-14(2)12-17(13-16(5)15(3)4)10-8-6-7-9-11-18/h15-17H,1,6-13,18H2,2-5H3. The summed E-state index contributed by atoms with van der Waals surface area (Å²) >= 11 is 0. The molecule has 0 aliphatic heterocycles. The molecule has 0 heterocycles. The first kappa shape index (κ1) is 17.7. The monoisotopic (exact) mass is 253 g/mol. The highest BCUT2D eigenvalue weighted by Gasteiger charge is 2.15. The van der Waals surface area contributed by atoms with Crippen molar-refractivity contribution in [3.05, 3.63) is 12.2 Å². The van der Waals surface area contributed by atoms with Gasteiger partial charge in [0.05, 0.1) is 0 Å². The van der Waals surface area contributed by atoms with E-state index in [2.05, 4.69) is 34.3 Å². The maximum absolute atomic E-state index is 5.52. The van der Waals surface area contributed by atoms with Crippen LogP contribution in [0.5, 0.6) is 0 Å². The average Bonchev–Trinajstić information content (AvgIpc) is 2.27. The minimum atomic E-state index is 0.801. The second-order valence-electron chi connectivity index (χ2n) is 6.48. The molecule has 108 valence electrons. The Balaban J connectivity index is 3.95. The Kier molecular flexibility index (Phi) is 10.4. The van der Waals surface area contributed by atoms with Crippen LogP contribution in [0.25, 0.3) is 0 Å². The highest BCUT2D eigenvalue weighted by Crippen LogP contribution is 2.28. The molecule has 0 rings (SSSR count). The summed E-state index contributed by atoms with van der Waals surface area (Å²) in [5.74, 6) is 2.48. The van der Waals surface area contributed by atoms with E-state index in [4.69, 9.17) is 5.73 Å². The van der Waals surface area contributed by atoms with E-state index in [9.17, 15) is 0 Å². The van der Waals surface area contributed by atoms with Crippen LogP contribution in [0.4, 0.5) is 0 Å². The molecule has 2 atom stereocenters. The lowest BCUT2D eigenvalue weighted by atomic mass is 9.82. The predicted octanol–water partition coefficient (Wildman–Crippen LogP) is 5.16. The van der Waals surface area contributed by atoms with Crippen LogP contribution in [0.15, 0.2) is 12.2 Å². The minimum Gasteiger partial charge on any atom is -0.330 e. The Labute approximate surface area is 115 Å². The fraction of sp³-hybridized carbons (Fsp3) is 0.882. The van der Waals surface area contributed by atoms with E-state index in [1.165, 1.54) is 50.5 Å². The van der Waals surface area contributed by atoms with Crippen LogP contribution in [0.3, 0.4) is 0 Å². The van der Waals surface area contributed by atoms with Crippen molar-refractivity contribution in [2.75, 3.05) is 6.54 Å². The third kappa shape index (κ3) is 9.70. The van der Waals surface area contributed by atoms with Gasteiger partial charge in [-0.3, -0.25) is 0 Å². The Morgan fingerprint density at radius 1 is 1.06 bits per heavy atom. The molecule has 2 N–H and O–H groups in total. The van der Waals surface area contributed by atoms with Gasteiger partial charge in [0, 0.05) is 0 Å².